The van der Waals surface area contributed by atoms with Gasteiger partial charge in [0.05, 0.1) is 9.75 Å². The summed E-state index contributed by atoms with van der Waals surface area (Å²) in [7, 11) is 0. The lowest BCUT2D eigenvalue weighted by Crippen LogP contribution is -2.14. The zero-order valence-corrected chi connectivity index (χ0v) is 9.70. The summed E-state index contributed by atoms with van der Waals surface area (Å²) < 4.78 is 0. The molecule has 2 rings (SSSR count). The van der Waals surface area contributed by atoms with Crippen LogP contribution in [0.25, 0.3) is 0 Å². The first-order chi connectivity index (χ1) is 7.86. The van der Waals surface area contributed by atoms with Crippen molar-refractivity contribution in [1.29, 1.82) is 0 Å². The second-order valence-electron chi connectivity index (χ2n) is 2.85. The number of rotatable bonds is 3. The topological polar surface area (TPSA) is 65.2 Å². The van der Waals surface area contributed by atoms with Crippen LogP contribution in [0.2, 0.25) is 0 Å². The molecule has 0 bridgehead atoms. The molecule has 0 saturated heterocycles. The number of oxime groups is 2. The molecule has 0 aliphatic heterocycles. The van der Waals surface area contributed by atoms with Crippen LogP contribution in [0, 0.1) is 0 Å². The van der Waals surface area contributed by atoms with Gasteiger partial charge in [0.1, 0.15) is 11.4 Å². The van der Waals surface area contributed by atoms with Crippen LogP contribution in [0.4, 0.5) is 0 Å². The molecule has 2 aromatic heterocycles. The van der Waals surface area contributed by atoms with Crippen LogP contribution in [-0.4, -0.2) is 21.8 Å². The van der Waals surface area contributed by atoms with Crippen molar-refractivity contribution in [3.8, 4) is 0 Å². The van der Waals surface area contributed by atoms with Crippen molar-refractivity contribution in [2.75, 3.05) is 0 Å². The van der Waals surface area contributed by atoms with Gasteiger partial charge in [-0.3, -0.25) is 0 Å². The molecule has 0 aromatic carbocycles. The molecule has 2 N–H and O–H groups in total. The van der Waals surface area contributed by atoms with Gasteiger partial charge in [-0.05, 0) is 22.9 Å². The predicted molar refractivity (Wildman–Crippen MR) is 65.3 cm³/mol. The Balaban J connectivity index is 2.43. The van der Waals surface area contributed by atoms with E-state index in [2.05, 4.69) is 10.3 Å². The Morgan fingerprint density at radius 2 is 1.31 bits per heavy atom. The van der Waals surface area contributed by atoms with Crippen LogP contribution < -0.4 is 0 Å². The highest BCUT2D eigenvalue weighted by Crippen LogP contribution is 2.17. The fourth-order valence-corrected chi connectivity index (χ4v) is 2.67. The monoisotopic (exact) mass is 252 g/mol. The maximum Gasteiger partial charge on any atom is 0.150 e. The summed E-state index contributed by atoms with van der Waals surface area (Å²) in [5.41, 5.74) is 0.555. The first-order valence-corrected chi connectivity index (χ1v) is 6.15. The normalized spacial score (nSPS) is 13.0. The molecular weight excluding hydrogens is 244 g/mol. The predicted octanol–water partition coefficient (Wildman–Crippen LogP) is 2.87. The zero-order chi connectivity index (χ0) is 11.4. The quantitative estimate of drug-likeness (QED) is 0.501. The standard InChI is InChI=1S/C10H8N2O2S2/c13-11-9(7-3-1-5-15-7)10(12-14)8-4-2-6-16-8/h1-6,13-14H/b11-9+,12-10+. The number of hydrogen-bond acceptors (Lipinski definition) is 6. The Bertz CT molecular complexity index is 453. The molecule has 82 valence electrons. The lowest BCUT2D eigenvalue weighted by atomic mass is 10.1. The molecule has 4 nitrogen and oxygen atoms in total. The van der Waals surface area contributed by atoms with E-state index in [-0.39, 0.29) is 11.4 Å². The highest BCUT2D eigenvalue weighted by molar-refractivity contribution is 7.15. The molecule has 0 saturated carbocycles. The van der Waals surface area contributed by atoms with Gasteiger partial charge in [0.15, 0.2) is 0 Å². The van der Waals surface area contributed by atoms with Crippen molar-refractivity contribution < 1.29 is 10.4 Å². The van der Waals surface area contributed by atoms with E-state index in [1.165, 1.54) is 22.7 Å². The fourth-order valence-electron chi connectivity index (χ4n) is 1.25. The van der Waals surface area contributed by atoms with E-state index >= 15 is 0 Å². The molecule has 6 heteroatoms. The Morgan fingerprint density at radius 1 is 0.875 bits per heavy atom. The van der Waals surface area contributed by atoms with E-state index in [1.54, 1.807) is 12.1 Å². The first-order valence-electron chi connectivity index (χ1n) is 4.39. The van der Waals surface area contributed by atoms with Gasteiger partial charge in [-0.25, -0.2) is 0 Å². The van der Waals surface area contributed by atoms with E-state index in [1.807, 2.05) is 22.9 Å². The van der Waals surface area contributed by atoms with Crippen LogP contribution in [0.5, 0.6) is 0 Å². The van der Waals surface area contributed by atoms with E-state index in [4.69, 9.17) is 10.4 Å². The summed E-state index contributed by atoms with van der Waals surface area (Å²) in [6.07, 6.45) is 0. The van der Waals surface area contributed by atoms with Crippen LogP contribution in [0.1, 0.15) is 9.75 Å². The summed E-state index contributed by atoms with van der Waals surface area (Å²) in [6, 6.07) is 7.29. The Labute approximate surface area is 99.8 Å². The molecule has 0 aliphatic rings. The van der Waals surface area contributed by atoms with Crippen molar-refractivity contribution in [3.63, 3.8) is 0 Å². The van der Waals surface area contributed by atoms with Crippen molar-refractivity contribution >= 4 is 34.1 Å². The van der Waals surface area contributed by atoms with Crippen molar-refractivity contribution in [2.45, 2.75) is 0 Å². The van der Waals surface area contributed by atoms with Gasteiger partial charge in [-0.15, -0.1) is 22.7 Å². The molecular formula is C10H8N2O2S2. The summed E-state index contributed by atoms with van der Waals surface area (Å²) in [5.74, 6) is 0. The third-order valence-electron chi connectivity index (χ3n) is 1.93. The second kappa shape index (κ2) is 4.91. The van der Waals surface area contributed by atoms with Gasteiger partial charge in [-0.2, -0.15) is 0 Å². The van der Waals surface area contributed by atoms with Crippen LogP contribution in [0.15, 0.2) is 45.3 Å². The minimum atomic E-state index is 0.278. The van der Waals surface area contributed by atoms with Crippen molar-refractivity contribution in [1.82, 2.24) is 0 Å². The third kappa shape index (κ3) is 1.98. The van der Waals surface area contributed by atoms with E-state index in [9.17, 15) is 0 Å². The largest absolute Gasteiger partial charge is 0.410 e. The van der Waals surface area contributed by atoms with Gasteiger partial charge in [0, 0.05) is 0 Å². The van der Waals surface area contributed by atoms with Gasteiger partial charge in [-0.1, -0.05) is 22.4 Å². The first kappa shape index (κ1) is 10.8. The summed E-state index contributed by atoms with van der Waals surface area (Å²) in [6.45, 7) is 0. The van der Waals surface area contributed by atoms with Crippen LogP contribution in [0.3, 0.4) is 0 Å². The van der Waals surface area contributed by atoms with Crippen molar-refractivity contribution in [2.24, 2.45) is 10.3 Å². The Hall–Kier alpha value is -1.66. The minimum Gasteiger partial charge on any atom is -0.410 e. The molecule has 0 amide bonds. The van der Waals surface area contributed by atoms with Crippen molar-refractivity contribution in [3.05, 3.63) is 44.8 Å². The maximum atomic E-state index is 9.01. The minimum absolute atomic E-state index is 0.278. The summed E-state index contributed by atoms with van der Waals surface area (Å²) >= 11 is 2.84. The lowest BCUT2D eigenvalue weighted by molar-refractivity contribution is 0.314. The summed E-state index contributed by atoms with van der Waals surface area (Å²) in [5, 5.41) is 28.1. The fraction of sp³-hybridized carbons (Fsp3) is 0. The number of hydrogen-bond donors (Lipinski definition) is 2. The van der Waals surface area contributed by atoms with Gasteiger partial charge in [0.2, 0.25) is 0 Å². The van der Waals surface area contributed by atoms with Gasteiger partial charge < -0.3 is 10.4 Å². The van der Waals surface area contributed by atoms with Gasteiger partial charge in [0.25, 0.3) is 0 Å². The summed E-state index contributed by atoms with van der Waals surface area (Å²) in [4.78, 5) is 1.51. The Morgan fingerprint density at radius 3 is 1.56 bits per heavy atom. The lowest BCUT2D eigenvalue weighted by Gasteiger charge is -2.01. The van der Waals surface area contributed by atoms with E-state index in [0.29, 0.717) is 0 Å². The average molecular weight is 252 g/mol. The van der Waals surface area contributed by atoms with Crippen LogP contribution in [-0.2, 0) is 0 Å². The molecule has 0 spiro atoms. The SMILES string of the molecule is O/N=C(/C(=N/O)c1cccs1)c1cccs1. The molecule has 0 radical (unpaired) electrons. The number of nitrogens with zero attached hydrogens (tertiary/aromatic N) is 2. The van der Waals surface area contributed by atoms with E-state index < -0.39 is 0 Å². The van der Waals surface area contributed by atoms with E-state index in [0.717, 1.165) is 9.75 Å². The third-order valence-corrected chi connectivity index (χ3v) is 3.69. The highest BCUT2D eigenvalue weighted by Gasteiger charge is 2.17. The number of thiophene rings is 2. The Kier molecular flexibility index (Phi) is 3.33. The van der Waals surface area contributed by atoms with Gasteiger partial charge >= 0.3 is 0 Å². The molecule has 16 heavy (non-hydrogen) atoms. The molecule has 2 heterocycles. The molecule has 0 atom stereocenters. The molecule has 2 aromatic rings. The second-order valence-corrected chi connectivity index (χ2v) is 4.75. The molecule has 0 unspecified atom stereocenters. The molecule has 0 aliphatic carbocycles. The smallest absolute Gasteiger partial charge is 0.150 e. The average Bonchev–Trinajstić information content (AvgIpc) is 2.97. The highest BCUT2D eigenvalue weighted by atomic mass is 32.1. The molecule has 0 fully saturated rings. The zero-order valence-electron chi connectivity index (χ0n) is 8.07. The van der Waals surface area contributed by atoms with Crippen LogP contribution >= 0.6 is 22.7 Å². The maximum absolute atomic E-state index is 9.01.